The highest BCUT2D eigenvalue weighted by Gasteiger charge is 2.28. The van der Waals surface area contributed by atoms with Crippen molar-refractivity contribution in [1.29, 1.82) is 0 Å². The molecule has 0 aromatic heterocycles. The molecular formula is C31H38Cl2FN5O2. The Kier molecular flexibility index (Phi) is 11.1. The molecule has 2 fully saturated rings. The van der Waals surface area contributed by atoms with Gasteiger partial charge in [0.05, 0.1) is 18.1 Å². The van der Waals surface area contributed by atoms with Crippen LogP contribution in [0.3, 0.4) is 0 Å². The molecule has 2 aliphatic rings. The molecule has 2 aliphatic heterocycles. The van der Waals surface area contributed by atoms with E-state index >= 15 is 0 Å². The van der Waals surface area contributed by atoms with Gasteiger partial charge < -0.3 is 19.9 Å². The van der Waals surface area contributed by atoms with Crippen molar-refractivity contribution in [2.75, 3.05) is 52.4 Å². The van der Waals surface area contributed by atoms with E-state index in [-0.39, 0.29) is 10.9 Å². The molecule has 1 N–H and O–H groups in total. The molecule has 2 aromatic carbocycles. The first-order chi connectivity index (χ1) is 19.7. The van der Waals surface area contributed by atoms with Crippen molar-refractivity contribution in [3.63, 3.8) is 0 Å². The SMILES string of the molecule is C#CCCNC(=NCc1ccc(Cl)cc1Oc1ccc(F)c(Cl)c1)N1CCN(CC(=O)N2CC(C)CC(C)C2)CC1. The van der Waals surface area contributed by atoms with Crippen molar-refractivity contribution in [3.05, 3.63) is 57.8 Å². The molecule has 0 bridgehead atoms. The molecular weight excluding hydrogens is 564 g/mol. The van der Waals surface area contributed by atoms with Crippen molar-refractivity contribution >= 4 is 35.1 Å². The van der Waals surface area contributed by atoms with Gasteiger partial charge >= 0.3 is 0 Å². The van der Waals surface area contributed by atoms with Gasteiger partial charge in [-0.15, -0.1) is 12.3 Å². The van der Waals surface area contributed by atoms with Gasteiger partial charge in [-0.05, 0) is 42.5 Å². The number of piperazine rings is 1. The van der Waals surface area contributed by atoms with E-state index in [9.17, 15) is 9.18 Å². The number of hydrogen-bond donors (Lipinski definition) is 1. The number of halogens is 3. The third-order valence-electron chi connectivity index (χ3n) is 7.35. The van der Waals surface area contributed by atoms with E-state index in [1.54, 1.807) is 12.1 Å². The lowest BCUT2D eigenvalue weighted by atomic mass is 9.92. The van der Waals surface area contributed by atoms with Crippen LogP contribution in [0.4, 0.5) is 4.39 Å². The quantitative estimate of drug-likeness (QED) is 0.187. The molecule has 0 saturated carbocycles. The van der Waals surface area contributed by atoms with Gasteiger partial charge in [-0.25, -0.2) is 9.38 Å². The lowest BCUT2D eigenvalue weighted by Gasteiger charge is -2.39. The highest BCUT2D eigenvalue weighted by Crippen LogP contribution is 2.31. The van der Waals surface area contributed by atoms with Gasteiger partial charge in [0.15, 0.2) is 5.96 Å². The molecule has 0 radical (unpaired) electrons. The number of benzene rings is 2. The van der Waals surface area contributed by atoms with Crippen LogP contribution in [0.5, 0.6) is 11.5 Å². The van der Waals surface area contributed by atoms with Gasteiger partial charge in [0.1, 0.15) is 17.3 Å². The topological polar surface area (TPSA) is 60.4 Å². The fourth-order valence-corrected chi connectivity index (χ4v) is 5.70. The molecule has 2 unspecified atom stereocenters. The highest BCUT2D eigenvalue weighted by molar-refractivity contribution is 6.31. The van der Waals surface area contributed by atoms with Crippen LogP contribution < -0.4 is 10.1 Å². The molecule has 2 heterocycles. The summed E-state index contributed by atoms with van der Waals surface area (Å²) in [7, 11) is 0. The summed E-state index contributed by atoms with van der Waals surface area (Å²) in [5.74, 6) is 5.11. The molecule has 2 aromatic rings. The van der Waals surface area contributed by atoms with Gasteiger partial charge in [-0.2, -0.15) is 0 Å². The fraction of sp³-hybridized carbons (Fsp3) is 0.484. The number of piperidine rings is 1. The first kappa shape index (κ1) is 31.0. The van der Waals surface area contributed by atoms with Gasteiger partial charge in [0.2, 0.25) is 5.91 Å². The zero-order valence-corrected chi connectivity index (χ0v) is 25.2. The largest absolute Gasteiger partial charge is 0.457 e. The zero-order chi connectivity index (χ0) is 29.4. The molecule has 0 aliphatic carbocycles. The minimum absolute atomic E-state index is 0.0232. The number of hydrogen-bond acceptors (Lipinski definition) is 4. The summed E-state index contributed by atoms with van der Waals surface area (Å²) in [4.78, 5) is 24.3. The number of ether oxygens (including phenoxy) is 1. The summed E-state index contributed by atoms with van der Waals surface area (Å²) < 4.78 is 19.6. The van der Waals surface area contributed by atoms with Crippen molar-refractivity contribution < 1.29 is 13.9 Å². The normalized spacial score (nSPS) is 20.0. The third kappa shape index (κ3) is 9.00. The maximum absolute atomic E-state index is 13.6. The van der Waals surface area contributed by atoms with Crippen molar-refractivity contribution in [3.8, 4) is 23.8 Å². The predicted octanol–water partition coefficient (Wildman–Crippen LogP) is 5.52. The summed E-state index contributed by atoms with van der Waals surface area (Å²) in [6.45, 7) is 10.5. The summed E-state index contributed by atoms with van der Waals surface area (Å²) in [5, 5.41) is 3.87. The van der Waals surface area contributed by atoms with Crippen molar-refractivity contribution in [1.82, 2.24) is 20.0 Å². The van der Waals surface area contributed by atoms with Crippen LogP contribution in [0.15, 0.2) is 41.4 Å². The second kappa shape index (κ2) is 14.8. The Morgan fingerprint density at radius 3 is 2.51 bits per heavy atom. The maximum atomic E-state index is 13.6. The second-order valence-electron chi connectivity index (χ2n) is 11.0. The number of rotatable bonds is 8. The number of likely N-dealkylation sites (tertiary alicyclic amines) is 1. The fourth-order valence-electron chi connectivity index (χ4n) is 5.37. The third-order valence-corrected chi connectivity index (χ3v) is 7.88. The Morgan fingerprint density at radius 2 is 1.83 bits per heavy atom. The number of amides is 1. The zero-order valence-electron chi connectivity index (χ0n) is 23.7. The summed E-state index contributed by atoms with van der Waals surface area (Å²) in [5.41, 5.74) is 0.806. The van der Waals surface area contributed by atoms with Gasteiger partial charge in [0, 0.05) is 68.9 Å². The molecule has 10 heteroatoms. The van der Waals surface area contributed by atoms with Crippen molar-refractivity contribution in [2.24, 2.45) is 16.8 Å². The molecule has 220 valence electrons. The van der Waals surface area contributed by atoms with Crippen LogP contribution in [0.25, 0.3) is 0 Å². The number of carbonyl (C=O) groups is 1. The number of carbonyl (C=O) groups excluding carboxylic acids is 1. The maximum Gasteiger partial charge on any atom is 0.236 e. The lowest BCUT2D eigenvalue weighted by Crippen LogP contribution is -2.55. The van der Waals surface area contributed by atoms with E-state index in [0.717, 1.165) is 50.8 Å². The number of nitrogens with one attached hydrogen (secondary N) is 1. The van der Waals surface area contributed by atoms with Crippen LogP contribution in [0.1, 0.15) is 32.3 Å². The monoisotopic (exact) mass is 601 g/mol. The molecule has 41 heavy (non-hydrogen) atoms. The van der Waals surface area contributed by atoms with Crippen LogP contribution in [0.2, 0.25) is 10.0 Å². The standard InChI is InChI=1S/C31H38Cl2FN5O2/c1-4-5-10-35-31(38-13-11-37(12-14-38)21-30(40)39-19-22(2)15-23(3)20-39)36-18-24-6-7-25(32)16-29(24)41-26-8-9-28(34)27(33)17-26/h1,6-9,16-17,22-23H,5,10-15,18-21H2,2-3H3,(H,35,36). The van der Waals surface area contributed by atoms with Gasteiger partial charge in [-0.3, -0.25) is 9.69 Å². The highest BCUT2D eigenvalue weighted by atomic mass is 35.5. The summed E-state index contributed by atoms with van der Waals surface area (Å²) >= 11 is 12.2. The van der Waals surface area contributed by atoms with Crippen LogP contribution in [0, 0.1) is 30.0 Å². The Hall–Kier alpha value is -2.99. The summed E-state index contributed by atoms with van der Waals surface area (Å²) in [6, 6.07) is 9.54. The van der Waals surface area contributed by atoms with E-state index < -0.39 is 5.82 Å². The molecule has 0 spiro atoms. The minimum atomic E-state index is -0.516. The number of terminal acetylenes is 1. The minimum Gasteiger partial charge on any atom is -0.457 e. The molecule has 1 amide bonds. The Bertz CT molecular complexity index is 1270. The predicted molar refractivity (Wildman–Crippen MR) is 163 cm³/mol. The Labute approximate surface area is 252 Å². The smallest absolute Gasteiger partial charge is 0.236 e. The Morgan fingerprint density at radius 1 is 1.10 bits per heavy atom. The van der Waals surface area contributed by atoms with Crippen molar-refractivity contribution in [2.45, 2.75) is 33.2 Å². The van der Waals surface area contributed by atoms with Gasteiger partial charge in [-0.1, -0.05) is 43.1 Å². The van der Waals surface area contributed by atoms with Crippen LogP contribution in [-0.2, 0) is 11.3 Å². The molecule has 4 rings (SSSR count). The van der Waals surface area contributed by atoms with E-state index in [1.165, 1.54) is 24.6 Å². The Balaban J connectivity index is 1.41. The van der Waals surface area contributed by atoms with Crippen LogP contribution >= 0.6 is 23.2 Å². The average molecular weight is 603 g/mol. The average Bonchev–Trinajstić information content (AvgIpc) is 2.93. The molecule has 2 atom stereocenters. The van der Waals surface area contributed by atoms with Crippen LogP contribution in [-0.4, -0.2) is 78.9 Å². The second-order valence-corrected chi connectivity index (χ2v) is 11.8. The summed E-state index contributed by atoms with van der Waals surface area (Å²) in [6.07, 6.45) is 7.23. The van der Waals surface area contributed by atoms with Gasteiger partial charge in [0.25, 0.3) is 0 Å². The van der Waals surface area contributed by atoms with E-state index in [0.29, 0.717) is 54.4 Å². The van der Waals surface area contributed by atoms with E-state index in [2.05, 4.69) is 34.9 Å². The molecule has 7 nitrogen and oxygen atoms in total. The van der Waals surface area contributed by atoms with E-state index in [4.69, 9.17) is 39.4 Å². The first-order valence-corrected chi connectivity index (χ1v) is 14.9. The molecule has 2 saturated heterocycles. The van der Waals surface area contributed by atoms with E-state index in [1.807, 2.05) is 11.0 Å². The number of guanidine groups is 1. The first-order valence-electron chi connectivity index (χ1n) is 14.1. The number of aliphatic imine (C=N–C) groups is 1. The number of nitrogens with zero attached hydrogens (tertiary/aromatic N) is 4. The lowest BCUT2D eigenvalue weighted by molar-refractivity contribution is -0.135.